The Balaban J connectivity index is 2.56. The summed E-state index contributed by atoms with van der Waals surface area (Å²) in [5.41, 5.74) is 1.74. The minimum Gasteiger partial charge on any atom is -0.497 e. The van der Waals surface area contributed by atoms with E-state index in [0.29, 0.717) is 10.2 Å². The van der Waals surface area contributed by atoms with Gasteiger partial charge in [0.15, 0.2) is 0 Å². The quantitative estimate of drug-likeness (QED) is 0.644. The molecule has 0 amide bonds. The number of hydrogen-bond acceptors (Lipinski definition) is 1. The molecule has 0 bridgehead atoms. The molecule has 0 aromatic heterocycles. The Bertz CT molecular complexity index is 350. The molecule has 0 saturated carbocycles. The van der Waals surface area contributed by atoms with Crippen molar-refractivity contribution in [2.75, 3.05) is 7.11 Å². The van der Waals surface area contributed by atoms with E-state index in [1.54, 1.807) is 7.11 Å². The Morgan fingerprint density at radius 1 is 1.17 bits per heavy atom. The van der Waals surface area contributed by atoms with Crippen LogP contribution < -0.4 is 4.74 Å². The van der Waals surface area contributed by atoms with Crippen LogP contribution in [-0.2, 0) is 0 Å². The third kappa shape index (κ3) is 5.43. The van der Waals surface area contributed by atoms with E-state index >= 15 is 0 Å². The maximum Gasteiger partial charge on any atom is 0.118 e. The van der Waals surface area contributed by atoms with Gasteiger partial charge in [-0.3, -0.25) is 0 Å². The molecule has 1 nitrogen and oxygen atoms in total. The van der Waals surface area contributed by atoms with Gasteiger partial charge in [-0.05, 0) is 41.9 Å². The predicted octanol–water partition coefficient (Wildman–Crippen LogP) is 5.59. The number of rotatable bonds is 5. The van der Waals surface area contributed by atoms with Gasteiger partial charge in [-0.15, -0.1) is 0 Å². The van der Waals surface area contributed by atoms with Crippen LogP contribution in [0.2, 0.25) is 0 Å². The highest BCUT2D eigenvalue weighted by Gasteiger charge is 2.18. The van der Waals surface area contributed by atoms with E-state index in [-0.39, 0.29) is 0 Å². The van der Waals surface area contributed by atoms with Gasteiger partial charge in [0.05, 0.1) is 7.11 Å². The number of benzene rings is 1. The molecule has 0 heterocycles. The van der Waals surface area contributed by atoms with Crippen molar-refractivity contribution in [1.82, 2.24) is 0 Å². The summed E-state index contributed by atoms with van der Waals surface area (Å²) in [4.78, 5) is 0.431. The van der Waals surface area contributed by atoms with Crippen LogP contribution in [-0.4, -0.2) is 7.11 Å². The highest BCUT2D eigenvalue weighted by atomic mass is 79.9. The molecule has 2 atom stereocenters. The maximum atomic E-state index is 5.18. The molecule has 18 heavy (non-hydrogen) atoms. The molecule has 1 aromatic rings. The average molecular weight is 313 g/mol. The highest BCUT2D eigenvalue weighted by molar-refractivity contribution is 9.09. The van der Waals surface area contributed by atoms with Crippen LogP contribution in [0.3, 0.4) is 0 Å². The van der Waals surface area contributed by atoms with E-state index < -0.39 is 0 Å². The van der Waals surface area contributed by atoms with Crippen LogP contribution in [0.1, 0.15) is 50.9 Å². The molecule has 2 heteroatoms. The summed E-state index contributed by atoms with van der Waals surface area (Å²) in [6, 6.07) is 8.33. The smallest absolute Gasteiger partial charge is 0.118 e. The molecular formula is C16H25BrO. The molecule has 0 spiro atoms. The van der Waals surface area contributed by atoms with Crippen molar-refractivity contribution in [3.63, 3.8) is 0 Å². The largest absolute Gasteiger partial charge is 0.497 e. The summed E-state index contributed by atoms with van der Waals surface area (Å²) in [7, 11) is 1.70. The fraction of sp³-hybridized carbons (Fsp3) is 0.625. The summed E-state index contributed by atoms with van der Waals surface area (Å²) >= 11 is 3.80. The van der Waals surface area contributed by atoms with Crippen molar-refractivity contribution >= 4 is 15.9 Å². The van der Waals surface area contributed by atoms with Crippen LogP contribution in [0.15, 0.2) is 24.3 Å². The van der Waals surface area contributed by atoms with Crippen molar-refractivity contribution in [3.8, 4) is 5.75 Å². The molecule has 0 fully saturated rings. The molecule has 102 valence electrons. The zero-order chi connectivity index (χ0) is 13.8. The van der Waals surface area contributed by atoms with Gasteiger partial charge in [-0.25, -0.2) is 0 Å². The second-order valence-corrected chi connectivity index (χ2v) is 7.45. The molecule has 1 aromatic carbocycles. The minimum absolute atomic E-state index is 0.409. The first kappa shape index (κ1) is 15.6. The fourth-order valence-electron chi connectivity index (χ4n) is 2.43. The van der Waals surface area contributed by atoms with Gasteiger partial charge >= 0.3 is 0 Å². The minimum atomic E-state index is 0.409. The molecule has 2 unspecified atom stereocenters. The number of halogens is 1. The van der Waals surface area contributed by atoms with E-state index in [2.05, 4.69) is 55.8 Å². The zero-order valence-corrected chi connectivity index (χ0v) is 13.8. The van der Waals surface area contributed by atoms with Crippen molar-refractivity contribution in [2.24, 2.45) is 11.3 Å². The maximum absolute atomic E-state index is 5.18. The first-order valence-corrected chi connectivity index (χ1v) is 7.51. The monoisotopic (exact) mass is 312 g/mol. The molecular weight excluding hydrogens is 288 g/mol. The third-order valence-electron chi connectivity index (χ3n) is 3.05. The lowest BCUT2D eigenvalue weighted by molar-refractivity contribution is 0.296. The van der Waals surface area contributed by atoms with Gasteiger partial charge in [0.2, 0.25) is 0 Å². The van der Waals surface area contributed by atoms with Gasteiger partial charge in [0.1, 0.15) is 5.75 Å². The van der Waals surface area contributed by atoms with Crippen LogP contribution in [0.4, 0.5) is 0 Å². The van der Waals surface area contributed by atoms with Crippen molar-refractivity contribution in [2.45, 2.75) is 45.4 Å². The molecule has 0 aliphatic heterocycles. The number of methoxy groups -OCH3 is 1. The number of ether oxygens (including phenoxy) is 1. The molecule has 0 radical (unpaired) electrons. The van der Waals surface area contributed by atoms with Gasteiger partial charge in [0.25, 0.3) is 0 Å². The van der Waals surface area contributed by atoms with Crippen molar-refractivity contribution < 1.29 is 4.74 Å². The van der Waals surface area contributed by atoms with Crippen LogP contribution in [0.25, 0.3) is 0 Å². The van der Waals surface area contributed by atoms with E-state index in [1.165, 1.54) is 18.4 Å². The van der Waals surface area contributed by atoms with Crippen molar-refractivity contribution in [3.05, 3.63) is 29.8 Å². The highest BCUT2D eigenvalue weighted by Crippen LogP contribution is 2.35. The SMILES string of the molecule is COc1ccc(C(Br)CC(C)CC(C)(C)C)cc1. The Kier molecular flexibility index (Phi) is 5.71. The fourth-order valence-corrected chi connectivity index (χ4v) is 3.37. The van der Waals surface area contributed by atoms with Gasteiger partial charge in [-0.2, -0.15) is 0 Å². The summed E-state index contributed by atoms with van der Waals surface area (Å²) in [6.45, 7) is 9.25. The topological polar surface area (TPSA) is 9.23 Å². The van der Waals surface area contributed by atoms with E-state index in [4.69, 9.17) is 4.74 Å². The van der Waals surface area contributed by atoms with Gasteiger partial charge in [0, 0.05) is 4.83 Å². The molecule has 0 N–H and O–H groups in total. The lowest BCUT2D eigenvalue weighted by atomic mass is 9.83. The average Bonchev–Trinajstić information content (AvgIpc) is 2.26. The first-order valence-electron chi connectivity index (χ1n) is 6.60. The van der Waals surface area contributed by atoms with E-state index in [0.717, 1.165) is 11.7 Å². The summed E-state index contributed by atoms with van der Waals surface area (Å²) in [6.07, 6.45) is 2.43. The standard InChI is InChI=1S/C16H25BrO/c1-12(11-16(2,3)4)10-15(17)13-6-8-14(18-5)9-7-13/h6-9,12,15H,10-11H2,1-5H3. The third-order valence-corrected chi connectivity index (χ3v) is 3.95. The van der Waals surface area contributed by atoms with Crippen LogP contribution in [0, 0.1) is 11.3 Å². The first-order chi connectivity index (χ1) is 8.31. The molecule has 0 saturated heterocycles. The normalized spacial score (nSPS) is 15.2. The number of alkyl halides is 1. The van der Waals surface area contributed by atoms with Gasteiger partial charge < -0.3 is 4.74 Å². The lowest BCUT2D eigenvalue weighted by Gasteiger charge is -2.25. The van der Waals surface area contributed by atoms with E-state index in [9.17, 15) is 0 Å². The van der Waals surface area contributed by atoms with Crippen LogP contribution >= 0.6 is 15.9 Å². The number of hydrogen-bond donors (Lipinski definition) is 0. The summed E-state index contributed by atoms with van der Waals surface area (Å²) < 4.78 is 5.18. The molecule has 0 aliphatic carbocycles. The van der Waals surface area contributed by atoms with Crippen molar-refractivity contribution in [1.29, 1.82) is 0 Å². The second-order valence-electron chi connectivity index (χ2n) is 6.35. The van der Waals surface area contributed by atoms with Gasteiger partial charge in [-0.1, -0.05) is 55.8 Å². The van der Waals surface area contributed by atoms with E-state index in [1.807, 2.05) is 12.1 Å². The van der Waals surface area contributed by atoms with Crippen LogP contribution in [0.5, 0.6) is 5.75 Å². The molecule has 0 aliphatic rings. The summed E-state index contributed by atoms with van der Waals surface area (Å²) in [5.74, 6) is 1.64. The zero-order valence-electron chi connectivity index (χ0n) is 12.2. The molecule has 1 rings (SSSR count). The Morgan fingerprint density at radius 2 is 1.72 bits per heavy atom. The lowest BCUT2D eigenvalue weighted by Crippen LogP contribution is -2.12. The second kappa shape index (κ2) is 6.60. The predicted molar refractivity (Wildman–Crippen MR) is 82.5 cm³/mol. The Morgan fingerprint density at radius 3 is 2.17 bits per heavy atom. The Labute approximate surface area is 120 Å². The Hall–Kier alpha value is -0.500. The summed E-state index contributed by atoms with van der Waals surface area (Å²) in [5, 5.41) is 0.